The summed E-state index contributed by atoms with van der Waals surface area (Å²) in [5.41, 5.74) is 0.419. The highest BCUT2D eigenvalue weighted by molar-refractivity contribution is 6.01. The van der Waals surface area contributed by atoms with Gasteiger partial charge in [-0.2, -0.15) is 0 Å². The third-order valence-electron chi connectivity index (χ3n) is 4.99. The van der Waals surface area contributed by atoms with Crippen molar-refractivity contribution in [2.45, 2.75) is 43.5 Å². The lowest BCUT2D eigenvalue weighted by molar-refractivity contribution is -0.277. The first-order valence-electron chi connectivity index (χ1n) is 9.42. The minimum Gasteiger partial charge on any atom is -0.508 e. The van der Waals surface area contributed by atoms with Gasteiger partial charge in [-0.25, -0.2) is 0 Å². The molecule has 9 nitrogen and oxygen atoms in total. The number of para-hydroxylation sites is 1. The van der Waals surface area contributed by atoms with Crippen LogP contribution in [0.25, 0.3) is 0 Å². The van der Waals surface area contributed by atoms with Gasteiger partial charge in [0, 0.05) is 6.42 Å². The molecule has 6 N–H and O–H groups in total. The molecule has 2 aromatic carbocycles. The van der Waals surface area contributed by atoms with Crippen LogP contribution >= 0.6 is 0 Å². The monoisotopic (exact) mass is 420 g/mol. The molecule has 30 heavy (non-hydrogen) atoms. The number of hydrogen-bond acceptors (Lipinski definition) is 9. The van der Waals surface area contributed by atoms with Crippen LogP contribution < -0.4 is 4.74 Å². The summed E-state index contributed by atoms with van der Waals surface area (Å²) in [6, 6.07) is 10.7. The van der Waals surface area contributed by atoms with Gasteiger partial charge in [-0.05, 0) is 30.2 Å². The van der Waals surface area contributed by atoms with Crippen LogP contribution in [0.4, 0.5) is 0 Å². The van der Waals surface area contributed by atoms with Crippen molar-refractivity contribution in [3.8, 4) is 17.2 Å². The van der Waals surface area contributed by atoms with E-state index in [1.54, 1.807) is 18.2 Å². The molecule has 0 aliphatic carbocycles. The normalized spacial score (nSPS) is 26.3. The lowest BCUT2D eigenvalue weighted by atomic mass is 9.99. The Bertz CT molecular complexity index is 883. The Morgan fingerprint density at radius 2 is 1.63 bits per heavy atom. The van der Waals surface area contributed by atoms with E-state index in [2.05, 4.69) is 0 Å². The molecular formula is C21H24O9. The lowest BCUT2D eigenvalue weighted by Crippen LogP contribution is -2.60. The summed E-state index contributed by atoms with van der Waals surface area (Å²) in [4.78, 5) is 12.8. The number of aliphatic hydroxyl groups is 4. The lowest BCUT2D eigenvalue weighted by Gasteiger charge is -2.39. The van der Waals surface area contributed by atoms with Crippen molar-refractivity contribution in [3.63, 3.8) is 0 Å². The summed E-state index contributed by atoms with van der Waals surface area (Å²) in [5.74, 6) is -0.864. The maximum absolute atomic E-state index is 12.8. The molecule has 9 heteroatoms. The van der Waals surface area contributed by atoms with Crippen LogP contribution in [0.2, 0.25) is 0 Å². The standard InChI is InChI=1S/C21H24O9/c22-10-16-18(26)19(27)20(28)21(30-16)29-15-7-3-6-13(24)17(15)14(25)9-8-11-4-1-2-5-12(11)23/h1-7,16,18-24,26-28H,8-10H2/t16-,18-,19+,20-,21-/m1/s1. The molecule has 5 atom stereocenters. The van der Waals surface area contributed by atoms with Gasteiger partial charge in [-0.1, -0.05) is 24.3 Å². The van der Waals surface area contributed by atoms with Gasteiger partial charge in [0.25, 0.3) is 0 Å². The van der Waals surface area contributed by atoms with Gasteiger partial charge in [0.15, 0.2) is 5.78 Å². The van der Waals surface area contributed by atoms with Crippen molar-refractivity contribution in [1.82, 2.24) is 0 Å². The molecular weight excluding hydrogens is 396 g/mol. The fourth-order valence-electron chi connectivity index (χ4n) is 3.28. The highest BCUT2D eigenvalue weighted by Crippen LogP contribution is 2.32. The van der Waals surface area contributed by atoms with E-state index in [1.165, 1.54) is 24.3 Å². The molecule has 0 bridgehead atoms. The zero-order valence-corrected chi connectivity index (χ0v) is 16.0. The summed E-state index contributed by atoms with van der Waals surface area (Å²) in [5, 5.41) is 59.3. The van der Waals surface area contributed by atoms with E-state index < -0.39 is 43.1 Å². The van der Waals surface area contributed by atoms with E-state index in [0.717, 1.165) is 0 Å². The first-order valence-corrected chi connectivity index (χ1v) is 9.42. The van der Waals surface area contributed by atoms with Crippen LogP contribution in [0.1, 0.15) is 22.3 Å². The van der Waals surface area contributed by atoms with Crippen LogP contribution in [0.3, 0.4) is 0 Å². The van der Waals surface area contributed by atoms with Gasteiger partial charge in [0.1, 0.15) is 47.2 Å². The van der Waals surface area contributed by atoms with Gasteiger partial charge in [0.2, 0.25) is 6.29 Å². The zero-order chi connectivity index (χ0) is 21.8. The molecule has 0 radical (unpaired) electrons. The second-order valence-corrected chi connectivity index (χ2v) is 7.02. The third kappa shape index (κ3) is 4.55. The highest BCUT2D eigenvalue weighted by Gasteiger charge is 2.45. The first kappa shape index (κ1) is 22.0. The highest BCUT2D eigenvalue weighted by atomic mass is 16.7. The summed E-state index contributed by atoms with van der Waals surface area (Å²) in [6.07, 6.45) is -7.33. The Labute approximate surface area is 172 Å². The number of phenols is 2. The van der Waals surface area contributed by atoms with E-state index in [1.807, 2.05) is 0 Å². The molecule has 3 rings (SSSR count). The summed E-state index contributed by atoms with van der Waals surface area (Å²) >= 11 is 0. The number of Topliss-reactive ketones (excluding diaryl/α,β-unsaturated/α-hetero) is 1. The molecule has 162 valence electrons. The molecule has 0 aromatic heterocycles. The second-order valence-electron chi connectivity index (χ2n) is 7.02. The fourth-order valence-corrected chi connectivity index (χ4v) is 3.28. The van der Waals surface area contributed by atoms with Crippen molar-refractivity contribution in [2.24, 2.45) is 0 Å². The summed E-state index contributed by atoms with van der Waals surface area (Å²) in [7, 11) is 0. The average Bonchev–Trinajstić information content (AvgIpc) is 2.73. The maximum atomic E-state index is 12.8. The predicted molar refractivity (Wildman–Crippen MR) is 103 cm³/mol. The van der Waals surface area contributed by atoms with Crippen LogP contribution in [0.15, 0.2) is 42.5 Å². The number of aryl methyl sites for hydroxylation is 1. The molecule has 0 unspecified atom stereocenters. The van der Waals surface area contributed by atoms with Gasteiger partial charge in [-0.3, -0.25) is 4.79 Å². The number of aromatic hydroxyl groups is 2. The number of carbonyl (C=O) groups is 1. The van der Waals surface area contributed by atoms with Gasteiger partial charge in [-0.15, -0.1) is 0 Å². The number of ether oxygens (including phenoxy) is 2. The predicted octanol–water partition coefficient (Wildman–Crippen LogP) is 0.0920. The Balaban J connectivity index is 1.79. The minimum atomic E-state index is -1.66. The van der Waals surface area contributed by atoms with Crippen molar-refractivity contribution in [1.29, 1.82) is 0 Å². The molecule has 0 amide bonds. The van der Waals surface area contributed by atoms with E-state index in [4.69, 9.17) is 9.47 Å². The quantitative estimate of drug-likeness (QED) is 0.342. The van der Waals surface area contributed by atoms with Crippen LogP contribution in [-0.2, 0) is 11.2 Å². The Morgan fingerprint density at radius 1 is 0.933 bits per heavy atom. The second kappa shape index (κ2) is 9.41. The molecule has 1 aliphatic heterocycles. The molecule has 2 aromatic rings. The van der Waals surface area contributed by atoms with Crippen LogP contribution in [0, 0.1) is 0 Å². The largest absolute Gasteiger partial charge is 0.508 e. The van der Waals surface area contributed by atoms with Crippen LogP contribution in [-0.4, -0.2) is 73.7 Å². The van der Waals surface area contributed by atoms with Gasteiger partial charge < -0.3 is 40.1 Å². The molecule has 1 saturated heterocycles. The molecule has 1 aliphatic rings. The van der Waals surface area contributed by atoms with Crippen molar-refractivity contribution in [2.75, 3.05) is 6.61 Å². The Kier molecular flexibility index (Phi) is 6.91. The van der Waals surface area contributed by atoms with E-state index in [0.29, 0.717) is 5.56 Å². The molecule has 1 heterocycles. The topological polar surface area (TPSA) is 157 Å². The van der Waals surface area contributed by atoms with E-state index in [9.17, 15) is 35.4 Å². The maximum Gasteiger partial charge on any atom is 0.229 e. The third-order valence-corrected chi connectivity index (χ3v) is 4.99. The van der Waals surface area contributed by atoms with Gasteiger partial charge in [0.05, 0.1) is 6.61 Å². The van der Waals surface area contributed by atoms with E-state index in [-0.39, 0.29) is 35.7 Å². The SMILES string of the molecule is O=C(CCc1ccccc1O)c1c(O)cccc1O[C@@H]1O[C@H](CO)[C@@H](O)[C@H](O)[C@H]1O. The molecule has 0 saturated carbocycles. The van der Waals surface area contributed by atoms with Crippen molar-refractivity contribution < 1.29 is 44.9 Å². The average molecular weight is 420 g/mol. The number of ketones is 1. The number of hydrogen-bond donors (Lipinski definition) is 6. The Hall–Kier alpha value is -2.69. The zero-order valence-electron chi connectivity index (χ0n) is 16.0. The summed E-state index contributed by atoms with van der Waals surface area (Å²) in [6.45, 7) is -0.628. The number of carbonyl (C=O) groups excluding carboxylic acids is 1. The smallest absolute Gasteiger partial charge is 0.229 e. The first-order chi connectivity index (χ1) is 14.3. The molecule has 0 spiro atoms. The van der Waals surface area contributed by atoms with Crippen molar-refractivity contribution >= 4 is 5.78 Å². The van der Waals surface area contributed by atoms with Crippen LogP contribution in [0.5, 0.6) is 17.2 Å². The number of phenolic OH excluding ortho intramolecular Hbond substituents is 2. The Morgan fingerprint density at radius 3 is 2.33 bits per heavy atom. The minimum absolute atomic E-state index is 0.0415. The number of aliphatic hydroxyl groups excluding tert-OH is 4. The molecule has 1 fully saturated rings. The fraction of sp³-hybridized carbons (Fsp3) is 0.381. The van der Waals surface area contributed by atoms with Gasteiger partial charge >= 0.3 is 0 Å². The number of rotatable bonds is 7. The van der Waals surface area contributed by atoms with E-state index >= 15 is 0 Å². The van der Waals surface area contributed by atoms with Crippen molar-refractivity contribution in [3.05, 3.63) is 53.6 Å². The summed E-state index contributed by atoms with van der Waals surface area (Å²) < 4.78 is 10.8. The number of benzene rings is 2.